The van der Waals surface area contributed by atoms with Crippen molar-refractivity contribution in [2.24, 2.45) is 0 Å². The molecule has 1 amide bonds. The van der Waals surface area contributed by atoms with Crippen molar-refractivity contribution in [2.75, 3.05) is 6.54 Å². The molecule has 2 rings (SSSR count). The molecular formula is C13H14N2O4. The molecule has 1 unspecified atom stereocenters. The number of hydrogen-bond donors (Lipinski definition) is 4. The molecule has 100 valence electrons. The first-order chi connectivity index (χ1) is 9.09. The first-order valence-corrected chi connectivity index (χ1v) is 5.85. The highest BCUT2D eigenvalue weighted by molar-refractivity contribution is 6.05. The minimum atomic E-state index is -1.46. The molecule has 2 aromatic rings. The van der Waals surface area contributed by atoms with Crippen LogP contribution in [0, 0.1) is 0 Å². The van der Waals surface area contributed by atoms with Crippen LogP contribution in [0.2, 0.25) is 0 Å². The van der Waals surface area contributed by atoms with E-state index in [0.717, 1.165) is 10.9 Å². The highest BCUT2D eigenvalue weighted by Gasteiger charge is 2.14. The van der Waals surface area contributed by atoms with Crippen LogP contribution < -0.4 is 5.32 Å². The van der Waals surface area contributed by atoms with Gasteiger partial charge in [0.05, 0.1) is 11.1 Å². The number of amides is 1. The van der Waals surface area contributed by atoms with Crippen LogP contribution in [0.5, 0.6) is 0 Å². The number of rotatable bonds is 5. The van der Waals surface area contributed by atoms with Crippen molar-refractivity contribution >= 4 is 22.8 Å². The third kappa shape index (κ3) is 2.92. The predicted octanol–water partition coefficient (Wildman–Crippen LogP) is 0.733. The average molecular weight is 262 g/mol. The minimum Gasteiger partial charge on any atom is -0.479 e. The van der Waals surface area contributed by atoms with E-state index in [1.165, 1.54) is 0 Å². The molecule has 0 aliphatic heterocycles. The Labute approximate surface area is 109 Å². The third-order valence-corrected chi connectivity index (χ3v) is 2.82. The Balaban J connectivity index is 2.00. The van der Waals surface area contributed by atoms with Gasteiger partial charge in [0.25, 0.3) is 5.91 Å². The van der Waals surface area contributed by atoms with E-state index in [1.54, 1.807) is 18.3 Å². The lowest BCUT2D eigenvalue weighted by molar-refractivity contribution is -0.146. The van der Waals surface area contributed by atoms with Gasteiger partial charge in [0.1, 0.15) is 0 Å². The molecule has 0 aliphatic carbocycles. The molecule has 6 heteroatoms. The lowest BCUT2D eigenvalue weighted by Crippen LogP contribution is -2.30. The van der Waals surface area contributed by atoms with Crippen LogP contribution in [0.25, 0.3) is 10.9 Å². The predicted molar refractivity (Wildman–Crippen MR) is 68.9 cm³/mol. The summed E-state index contributed by atoms with van der Waals surface area (Å²) in [5.74, 6) is -1.59. The number of carbonyl (C=O) groups excluding carboxylic acids is 1. The van der Waals surface area contributed by atoms with Crippen LogP contribution >= 0.6 is 0 Å². The molecule has 0 aliphatic rings. The van der Waals surface area contributed by atoms with Gasteiger partial charge in [-0.05, 0) is 12.1 Å². The fraction of sp³-hybridized carbons (Fsp3) is 0.231. The number of aromatic nitrogens is 1. The summed E-state index contributed by atoms with van der Waals surface area (Å²) in [6, 6.07) is 7.20. The number of carboxylic acids is 1. The van der Waals surface area contributed by atoms with E-state index >= 15 is 0 Å². The van der Waals surface area contributed by atoms with Gasteiger partial charge in [-0.1, -0.05) is 12.1 Å². The molecule has 1 heterocycles. The van der Waals surface area contributed by atoms with Crippen LogP contribution in [-0.4, -0.2) is 39.7 Å². The number of aliphatic hydroxyl groups is 1. The maximum atomic E-state index is 11.9. The lowest BCUT2D eigenvalue weighted by Gasteiger charge is -2.08. The number of carbonyl (C=O) groups is 2. The average Bonchev–Trinajstić information content (AvgIpc) is 2.86. The maximum Gasteiger partial charge on any atom is 0.332 e. The molecule has 1 atom stereocenters. The van der Waals surface area contributed by atoms with Gasteiger partial charge in [0.2, 0.25) is 0 Å². The molecule has 6 nitrogen and oxygen atoms in total. The zero-order chi connectivity index (χ0) is 13.8. The number of aliphatic hydroxyl groups excluding tert-OH is 1. The molecule has 19 heavy (non-hydrogen) atoms. The van der Waals surface area contributed by atoms with Gasteiger partial charge in [-0.25, -0.2) is 4.79 Å². The van der Waals surface area contributed by atoms with E-state index in [-0.39, 0.29) is 18.9 Å². The van der Waals surface area contributed by atoms with Crippen LogP contribution in [0.4, 0.5) is 0 Å². The van der Waals surface area contributed by atoms with Gasteiger partial charge in [-0.15, -0.1) is 0 Å². The van der Waals surface area contributed by atoms with Crippen LogP contribution in [0.3, 0.4) is 0 Å². The van der Waals surface area contributed by atoms with Gasteiger partial charge in [-0.2, -0.15) is 0 Å². The lowest BCUT2D eigenvalue weighted by atomic mass is 10.1. The Bertz CT molecular complexity index is 605. The number of nitrogens with one attached hydrogen (secondary N) is 2. The summed E-state index contributed by atoms with van der Waals surface area (Å²) in [5.41, 5.74) is 1.23. The zero-order valence-electron chi connectivity index (χ0n) is 10.1. The number of carboxylic acid groups (broad SMARTS) is 1. The molecule has 0 radical (unpaired) electrons. The second-order valence-corrected chi connectivity index (χ2v) is 4.15. The summed E-state index contributed by atoms with van der Waals surface area (Å²) >= 11 is 0. The highest BCUT2D eigenvalue weighted by atomic mass is 16.4. The first-order valence-electron chi connectivity index (χ1n) is 5.85. The third-order valence-electron chi connectivity index (χ3n) is 2.82. The molecule has 4 N–H and O–H groups in total. The fourth-order valence-corrected chi connectivity index (χ4v) is 1.82. The largest absolute Gasteiger partial charge is 0.479 e. The van der Waals surface area contributed by atoms with E-state index in [1.807, 2.05) is 12.1 Å². The summed E-state index contributed by atoms with van der Waals surface area (Å²) < 4.78 is 0. The second kappa shape index (κ2) is 5.53. The quantitative estimate of drug-likeness (QED) is 0.638. The Morgan fingerprint density at radius 1 is 1.32 bits per heavy atom. The van der Waals surface area contributed by atoms with Crippen LogP contribution in [0.1, 0.15) is 16.8 Å². The molecule has 0 fully saturated rings. The van der Waals surface area contributed by atoms with Crippen molar-refractivity contribution in [2.45, 2.75) is 12.5 Å². The molecule has 0 saturated carbocycles. The summed E-state index contributed by atoms with van der Waals surface area (Å²) in [6.45, 7) is 0.101. The Morgan fingerprint density at radius 3 is 2.84 bits per heavy atom. The molecule has 1 aromatic heterocycles. The monoisotopic (exact) mass is 262 g/mol. The smallest absolute Gasteiger partial charge is 0.332 e. The fourth-order valence-electron chi connectivity index (χ4n) is 1.82. The van der Waals surface area contributed by atoms with Gasteiger partial charge >= 0.3 is 5.97 Å². The normalized spacial score (nSPS) is 12.3. The van der Waals surface area contributed by atoms with Gasteiger partial charge < -0.3 is 20.5 Å². The number of aromatic amines is 1. The number of benzene rings is 1. The zero-order valence-corrected chi connectivity index (χ0v) is 10.1. The second-order valence-electron chi connectivity index (χ2n) is 4.15. The topological polar surface area (TPSA) is 102 Å². The SMILES string of the molecule is O=C(NCCC(O)C(=O)O)c1cccc2cc[nH]c12. The number of para-hydroxylation sites is 1. The van der Waals surface area contributed by atoms with E-state index in [0.29, 0.717) is 5.56 Å². The van der Waals surface area contributed by atoms with E-state index < -0.39 is 12.1 Å². The van der Waals surface area contributed by atoms with Gasteiger partial charge in [-0.3, -0.25) is 4.79 Å². The van der Waals surface area contributed by atoms with E-state index in [2.05, 4.69) is 10.3 Å². The number of H-pyrrole nitrogens is 1. The van der Waals surface area contributed by atoms with Crippen LogP contribution in [0.15, 0.2) is 30.5 Å². The summed E-state index contributed by atoms with van der Waals surface area (Å²) in [4.78, 5) is 25.3. The van der Waals surface area contributed by atoms with Crippen molar-refractivity contribution in [3.05, 3.63) is 36.0 Å². The Hall–Kier alpha value is -2.34. The van der Waals surface area contributed by atoms with Crippen LogP contribution in [-0.2, 0) is 4.79 Å². The standard InChI is InChI=1S/C13H14N2O4/c16-10(13(18)19)5-7-15-12(17)9-3-1-2-8-4-6-14-11(8)9/h1-4,6,10,14,16H,5,7H2,(H,15,17)(H,18,19). The first kappa shape index (κ1) is 13.1. The van der Waals surface area contributed by atoms with Gasteiger partial charge in [0.15, 0.2) is 6.10 Å². The molecule has 0 bridgehead atoms. The van der Waals surface area contributed by atoms with Gasteiger partial charge in [0, 0.05) is 24.5 Å². The van der Waals surface area contributed by atoms with Crippen molar-refractivity contribution in [3.8, 4) is 0 Å². The molecule has 1 aromatic carbocycles. The van der Waals surface area contributed by atoms with Crippen molar-refractivity contribution in [1.82, 2.24) is 10.3 Å². The Kier molecular flexibility index (Phi) is 3.82. The highest BCUT2D eigenvalue weighted by Crippen LogP contribution is 2.16. The van der Waals surface area contributed by atoms with Crippen molar-refractivity contribution in [1.29, 1.82) is 0 Å². The Morgan fingerprint density at radius 2 is 2.11 bits per heavy atom. The number of hydrogen-bond acceptors (Lipinski definition) is 3. The number of aliphatic carboxylic acids is 1. The van der Waals surface area contributed by atoms with Crippen molar-refractivity contribution < 1.29 is 19.8 Å². The summed E-state index contributed by atoms with van der Waals surface area (Å²) in [5, 5.41) is 21.1. The minimum absolute atomic E-state index is 0.0260. The molecule has 0 spiro atoms. The molecular weight excluding hydrogens is 248 g/mol. The van der Waals surface area contributed by atoms with E-state index in [4.69, 9.17) is 10.2 Å². The molecule has 0 saturated heterocycles. The van der Waals surface area contributed by atoms with Crippen molar-refractivity contribution in [3.63, 3.8) is 0 Å². The maximum absolute atomic E-state index is 11.9. The summed E-state index contributed by atoms with van der Waals surface area (Å²) in [7, 11) is 0. The summed E-state index contributed by atoms with van der Waals surface area (Å²) in [6.07, 6.45) is 0.263. The van der Waals surface area contributed by atoms with E-state index in [9.17, 15) is 9.59 Å². The number of fused-ring (bicyclic) bond motifs is 1.